The zero-order chi connectivity index (χ0) is 16.2. The minimum absolute atomic E-state index is 0.530. The normalized spacial score (nSPS) is 12.7. The molecule has 0 saturated heterocycles. The number of carbonyl (C=O) groups excluding carboxylic acids is 1. The Morgan fingerprint density at radius 2 is 2.19 bits per heavy atom. The minimum Gasteiger partial charge on any atom is -0.467 e. The smallest absolute Gasteiger partial charge is 0.336 e. The summed E-state index contributed by atoms with van der Waals surface area (Å²) in [6.07, 6.45) is -1.74. The third-order valence-corrected chi connectivity index (χ3v) is 3.79. The predicted molar refractivity (Wildman–Crippen MR) is 66.3 cm³/mol. The molecule has 0 bridgehead atoms. The van der Waals surface area contributed by atoms with Crippen LogP contribution in [0.1, 0.15) is 0 Å². The number of ether oxygens (including phenoxy) is 1. The van der Waals surface area contributed by atoms with E-state index in [9.17, 15) is 32.8 Å². The first-order chi connectivity index (χ1) is 9.69. The van der Waals surface area contributed by atoms with Gasteiger partial charge in [0.25, 0.3) is 0 Å². The number of nitrogens with one attached hydrogen (secondary N) is 1. The first kappa shape index (κ1) is 16.9. The lowest BCUT2D eigenvalue weighted by atomic mass is 10.3. The fourth-order valence-electron chi connectivity index (χ4n) is 1.29. The van der Waals surface area contributed by atoms with Gasteiger partial charge in [-0.3, -0.25) is 10.1 Å². The molecule has 11 heteroatoms. The van der Waals surface area contributed by atoms with Gasteiger partial charge in [0.2, 0.25) is 15.8 Å². The molecule has 0 radical (unpaired) electrons. The van der Waals surface area contributed by atoms with Crippen LogP contribution in [0.5, 0.6) is 0 Å². The first-order valence-electron chi connectivity index (χ1n) is 5.38. The molecule has 1 atom stereocenters. The highest BCUT2D eigenvalue weighted by Crippen LogP contribution is 2.21. The van der Waals surface area contributed by atoms with Gasteiger partial charge in [-0.1, -0.05) is 0 Å². The van der Waals surface area contributed by atoms with Crippen LogP contribution in [0.25, 0.3) is 0 Å². The van der Waals surface area contributed by atoms with Crippen LogP contribution in [0.3, 0.4) is 0 Å². The summed E-state index contributed by atoms with van der Waals surface area (Å²) in [6.45, 7) is -0.694. The number of aliphatic hydroxyl groups excluding tert-OH is 1. The molecule has 2 N–H and O–H groups in total. The number of hydrogen-bond donors (Lipinski definition) is 2. The summed E-state index contributed by atoms with van der Waals surface area (Å²) in [6, 6.07) is 1.97. The number of rotatable bonds is 6. The van der Waals surface area contributed by atoms with Crippen molar-refractivity contribution in [3.8, 4) is 0 Å². The van der Waals surface area contributed by atoms with Gasteiger partial charge in [-0.25, -0.2) is 17.9 Å². The lowest BCUT2D eigenvalue weighted by Gasteiger charge is -2.10. The summed E-state index contributed by atoms with van der Waals surface area (Å²) < 4.78 is 42.8. The predicted octanol–water partition coefficient (Wildman–Crippen LogP) is -0.454. The van der Waals surface area contributed by atoms with Crippen LogP contribution in [0, 0.1) is 15.9 Å². The van der Waals surface area contributed by atoms with Crippen molar-refractivity contribution in [1.29, 1.82) is 0 Å². The maximum Gasteiger partial charge on any atom is 0.336 e. The van der Waals surface area contributed by atoms with Gasteiger partial charge in [0.1, 0.15) is 0 Å². The van der Waals surface area contributed by atoms with E-state index >= 15 is 0 Å². The molecular weight excluding hydrogens is 311 g/mol. The van der Waals surface area contributed by atoms with E-state index in [1.54, 1.807) is 0 Å². The standard InChI is InChI=1S/C10H11FN2O7S/c1-20-10(15)9(14)5-12-21(18,19)6-2-3-7(11)8(4-6)13(16)17/h2-4,9,12,14H,5H2,1H3. The fraction of sp³-hybridized carbons (Fsp3) is 0.300. The SMILES string of the molecule is COC(=O)C(O)CNS(=O)(=O)c1ccc(F)c([N+](=O)[O-])c1. The Morgan fingerprint density at radius 3 is 2.71 bits per heavy atom. The zero-order valence-electron chi connectivity index (χ0n) is 10.6. The van der Waals surface area contributed by atoms with Crippen LogP contribution in [0.15, 0.2) is 23.1 Å². The molecule has 1 aromatic carbocycles. The highest BCUT2D eigenvalue weighted by Gasteiger charge is 2.24. The molecule has 0 fully saturated rings. The molecule has 0 heterocycles. The van der Waals surface area contributed by atoms with Gasteiger partial charge < -0.3 is 9.84 Å². The van der Waals surface area contributed by atoms with Crippen molar-refractivity contribution in [2.75, 3.05) is 13.7 Å². The number of carbonyl (C=O) groups is 1. The van der Waals surface area contributed by atoms with Crippen molar-refractivity contribution in [3.05, 3.63) is 34.1 Å². The van der Waals surface area contributed by atoms with Crippen LogP contribution in [-0.4, -0.2) is 44.2 Å². The van der Waals surface area contributed by atoms with Gasteiger partial charge in [-0.05, 0) is 12.1 Å². The Bertz CT molecular complexity index is 661. The Labute approximate surface area is 118 Å². The average Bonchev–Trinajstić information content (AvgIpc) is 2.43. The van der Waals surface area contributed by atoms with Crippen molar-refractivity contribution in [2.24, 2.45) is 0 Å². The van der Waals surface area contributed by atoms with Crippen molar-refractivity contribution in [1.82, 2.24) is 4.72 Å². The number of hydrogen-bond acceptors (Lipinski definition) is 7. The summed E-state index contributed by atoms with van der Waals surface area (Å²) >= 11 is 0. The molecule has 0 aliphatic rings. The number of nitrogens with zero attached hydrogens (tertiary/aromatic N) is 1. The Hall–Kier alpha value is -2.11. The molecule has 1 rings (SSSR count). The largest absolute Gasteiger partial charge is 0.467 e. The first-order valence-corrected chi connectivity index (χ1v) is 6.87. The van der Waals surface area contributed by atoms with Crippen molar-refractivity contribution >= 4 is 21.7 Å². The molecular formula is C10H11FN2O7S. The third-order valence-electron chi connectivity index (χ3n) is 2.36. The Morgan fingerprint density at radius 1 is 1.57 bits per heavy atom. The van der Waals surface area contributed by atoms with E-state index in [1.807, 2.05) is 4.72 Å². The van der Waals surface area contributed by atoms with E-state index in [4.69, 9.17) is 0 Å². The molecule has 1 aromatic rings. The molecule has 21 heavy (non-hydrogen) atoms. The topological polar surface area (TPSA) is 136 Å². The second-order valence-electron chi connectivity index (χ2n) is 3.76. The van der Waals surface area contributed by atoms with Gasteiger partial charge in [-0.2, -0.15) is 4.39 Å². The number of nitro benzene ring substituents is 1. The van der Waals surface area contributed by atoms with Crippen LogP contribution >= 0.6 is 0 Å². The zero-order valence-corrected chi connectivity index (χ0v) is 11.5. The van der Waals surface area contributed by atoms with Crippen LogP contribution < -0.4 is 4.72 Å². The molecule has 1 unspecified atom stereocenters. The van der Waals surface area contributed by atoms with E-state index < -0.39 is 50.0 Å². The Balaban J connectivity index is 2.96. The van der Waals surface area contributed by atoms with E-state index in [0.29, 0.717) is 12.1 Å². The van der Waals surface area contributed by atoms with E-state index in [0.717, 1.165) is 13.2 Å². The van der Waals surface area contributed by atoms with Crippen molar-refractivity contribution in [3.63, 3.8) is 0 Å². The second kappa shape index (κ2) is 6.56. The van der Waals surface area contributed by atoms with Gasteiger partial charge in [0.15, 0.2) is 6.10 Å². The molecule has 9 nitrogen and oxygen atoms in total. The maximum absolute atomic E-state index is 13.1. The molecule has 0 spiro atoms. The van der Waals surface area contributed by atoms with Gasteiger partial charge in [-0.15, -0.1) is 0 Å². The number of esters is 1. The number of benzene rings is 1. The average molecular weight is 322 g/mol. The number of halogens is 1. The van der Waals surface area contributed by atoms with Gasteiger partial charge >= 0.3 is 11.7 Å². The van der Waals surface area contributed by atoms with E-state index in [-0.39, 0.29) is 0 Å². The maximum atomic E-state index is 13.1. The highest BCUT2D eigenvalue weighted by molar-refractivity contribution is 7.89. The number of methoxy groups -OCH3 is 1. The summed E-state index contributed by atoms with van der Waals surface area (Å²) in [7, 11) is -3.26. The monoisotopic (exact) mass is 322 g/mol. The summed E-state index contributed by atoms with van der Waals surface area (Å²) in [4.78, 5) is 19.8. The summed E-state index contributed by atoms with van der Waals surface area (Å²) in [5.41, 5.74) is -1.01. The Kier molecular flexibility index (Phi) is 5.29. The number of aliphatic hydroxyl groups is 1. The molecule has 0 saturated carbocycles. The van der Waals surface area contributed by atoms with E-state index in [2.05, 4.69) is 4.74 Å². The second-order valence-corrected chi connectivity index (χ2v) is 5.53. The van der Waals surface area contributed by atoms with E-state index in [1.165, 1.54) is 0 Å². The van der Waals surface area contributed by atoms with Crippen molar-refractivity contribution < 1.29 is 32.4 Å². The summed E-state index contributed by atoms with van der Waals surface area (Å²) in [5, 5.41) is 19.8. The van der Waals surface area contributed by atoms with Gasteiger partial charge in [0.05, 0.1) is 16.9 Å². The third kappa shape index (κ3) is 4.18. The summed E-state index contributed by atoms with van der Waals surface area (Å²) in [5.74, 6) is -2.24. The molecule has 116 valence electrons. The molecule has 0 aliphatic carbocycles. The van der Waals surface area contributed by atoms with Gasteiger partial charge in [0, 0.05) is 12.6 Å². The van der Waals surface area contributed by atoms with Crippen molar-refractivity contribution in [2.45, 2.75) is 11.0 Å². The lowest BCUT2D eigenvalue weighted by molar-refractivity contribution is -0.387. The highest BCUT2D eigenvalue weighted by atomic mass is 32.2. The minimum atomic E-state index is -4.26. The van der Waals surface area contributed by atoms with Crippen LogP contribution in [0.2, 0.25) is 0 Å². The molecule has 0 aliphatic heterocycles. The quantitative estimate of drug-likeness (QED) is 0.411. The fourth-order valence-corrected chi connectivity index (χ4v) is 2.35. The number of sulfonamides is 1. The lowest BCUT2D eigenvalue weighted by Crippen LogP contribution is -2.37. The van der Waals surface area contributed by atoms with Crippen LogP contribution in [-0.2, 0) is 19.6 Å². The van der Waals surface area contributed by atoms with Crippen LogP contribution in [0.4, 0.5) is 10.1 Å². The number of nitro groups is 1. The molecule has 0 aromatic heterocycles. The molecule has 0 amide bonds.